The van der Waals surface area contributed by atoms with Crippen molar-refractivity contribution in [2.75, 3.05) is 6.61 Å². The number of alkyl halides is 2. The lowest BCUT2D eigenvalue weighted by molar-refractivity contribution is 0.0520. The predicted octanol–water partition coefficient (Wildman–Crippen LogP) is 1.78. The molecule has 0 fully saturated rings. The number of halogens is 2. The Morgan fingerprint density at radius 3 is 2.85 bits per heavy atom. The molecule has 0 N–H and O–H groups in total. The summed E-state index contributed by atoms with van der Waals surface area (Å²) in [7, 11) is 0. The first kappa shape index (κ1) is 14.0. The lowest BCUT2D eigenvalue weighted by atomic mass is 10.2. The molecule has 2 aromatic heterocycles. The fourth-order valence-electron chi connectivity index (χ4n) is 1.66. The van der Waals surface area contributed by atoms with Crippen LogP contribution in [-0.2, 0) is 11.3 Å². The van der Waals surface area contributed by atoms with E-state index in [-0.39, 0.29) is 18.0 Å². The molecule has 0 unspecified atom stereocenters. The number of nitrogens with zero attached hydrogens (tertiary/aromatic N) is 4. The molecule has 20 heavy (non-hydrogen) atoms. The first-order valence-electron chi connectivity index (χ1n) is 5.93. The van der Waals surface area contributed by atoms with Gasteiger partial charge in [-0.15, -0.1) is 5.10 Å². The highest BCUT2D eigenvalue weighted by Crippen LogP contribution is 2.21. The number of rotatable bonds is 5. The first-order valence-corrected chi connectivity index (χ1v) is 5.93. The summed E-state index contributed by atoms with van der Waals surface area (Å²) in [5, 5.41) is 7.21. The van der Waals surface area contributed by atoms with Crippen molar-refractivity contribution in [3.63, 3.8) is 0 Å². The molecule has 0 atom stereocenters. The molecule has 0 spiro atoms. The van der Waals surface area contributed by atoms with Crippen molar-refractivity contribution >= 4 is 5.97 Å². The van der Waals surface area contributed by atoms with Crippen LogP contribution in [0, 0.1) is 0 Å². The van der Waals surface area contributed by atoms with Gasteiger partial charge in [-0.3, -0.25) is 4.98 Å². The maximum Gasteiger partial charge on any atom is 0.361 e. The van der Waals surface area contributed by atoms with Gasteiger partial charge >= 0.3 is 5.97 Å². The second-order valence-corrected chi connectivity index (χ2v) is 3.80. The highest BCUT2D eigenvalue weighted by molar-refractivity contribution is 5.93. The van der Waals surface area contributed by atoms with Gasteiger partial charge in [0.1, 0.15) is 12.2 Å². The number of carbonyl (C=O) groups is 1. The molecule has 106 valence electrons. The summed E-state index contributed by atoms with van der Waals surface area (Å²) in [5.41, 5.74) is 0.344. The molecular weight excluding hydrogens is 270 g/mol. The van der Waals surface area contributed by atoms with Crippen LogP contribution in [0.25, 0.3) is 11.4 Å². The standard InChI is InChI=1S/C12H12F2N4O2/c1-2-20-12(19)10-11(8-5-3-4-6-15-8)18(17-16-10)7-9(13)14/h3-6,9H,2,7H2,1H3. The summed E-state index contributed by atoms with van der Waals surface area (Å²) < 4.78 is 30.9. The highest BCUT2D eigenvalue weighted by atomic mass is 19.3. The summed E-state index contributed by atoms with van der Waals surface area (Å²) in [5.74, 6) is -0.714. The lowest BCUT2D eigenvalue weighted by Crippen LogP contribution is -2.12. The molecule has 2 rings (SSSR count). The van der Waals surface area contributed by atoms with Crippen molar-refractivity contribution in [3.05, 3.63) is 30.1 Å². The largest absolute Gasteiger partial charge is 0.461 e. The van der Waals surface area contributed by atoms with Gasteiger partial charge in [0.15, 0.2) is 5.69 Å². The molecule has 2 aromatic rings. The van der Waals surface area contributed by atoms with Crippen molar-refractivity contribution in [1.82, 2.24) is 20.0 Å². The van der Waals surface area contributed by atoms with Crippen molar-refractivity contribution in [2.45, 2.75) is 19.9 Å². The van der Waals surface area contributed by atoms with Gasteiger partial charge in [0.05, 0.1) is 12.3 Å². The van der Waals surface area contributed by atoms with Gasteiger partial charge in [-0.25, -0.2) is 18.3 Å². The van der Waals surface area contributed by atoms with E-state index in [1.807, 2.05) is 0 Å². The highest BCUT2D eigenvalue weighted by Gasteiger charge is 2.24. The normalized spacial score (nSPS) is 10.8. The Labute approximate surface area is 113 Å². The monoisotopic (exact) mass is 282 g/mol. The number of hydrogen-bond acceptors (Lipinski definition) is 5. The van der Waals surface area contributed by atoms with Gasteiger partial charge in [-0.1, -0.05) is 11.3 Å². The average Bonchev–Trinajstić information content (AvgIpc) is 2.83. The maximum absolute atomic E-state index is 12.5. The molecule has 0 amide bonds. The number of pyridine rings is 1. The molecule has 0 saturated heterocycles. The van der Waals surface area contributed by atoms with Gasteiger partial charge in [-0.05, 0) is 19.1 Å². The zero-order valence-corrected chi connectivity index (χ0v) is 10.7. The summed E-state index contributed by atoms with van der Waals surface area (Å²) in [6.07, 6.45) is -1.13. The van der Waals surface area contributed by atoms with Crippen LogP contribution in [0.15, 0.2) is 24.4 Å². The first-order chi connectivity index (χ1) is 9.63. The predicted molar refractivity (Wildman–Crippen MR) is 65.2 cm³/mol. The molecule has 0 aromatic carbocycles. The Bertz CT molecular complexity index is 586. The van der Waals surface area contributed by atoms with Crippen molar-refractivity contribution in [1.29, 1.82) is 0 Å². The van der Waals surface area contributed by atoms with E-state index >= 15 is 0 Å². The fourth-order valence-corrected chi connectivity index (χ4v) is 1.66. The quantitative estimate of drug-likeness (QED) is 0.782. The minimum Gasteiger partial charge on any atom is -0.461 e. The van der Waals surface area contributed by atoms with E-state index in [1.54, 1.807) is 25.1 Å². The molecular formula is C12H12F2N4O2. The second-order valence-electron chi connectivity index (χ2n) is 3.80. The van der Waals surface area contributed by atoms with Gasteiger partial charge < -0.3 is 4.74 Å². The minimum absolute atomic E-state index is 0.119. The van der Waals surface area contributed by atoms with Crippen LogP contribution in [0.3, 0.4) is 0 Å². The van der Waals surface area contributed by atoms with Crippen molar-refractivity contribution < 1.29 is 18.3 Å². The second kappa shape index (κ2) is 6.18. The van der Waals surface area contributed by atoms with E-state index in [1.165, 1.54) is 6.20 Å². The van der Waals surface area contributed by atoms with E-state index in [9.17, 15) is 13.6 Å². The third-order valence-corrected chi connectivity index (χ3v) is 2.42. The van der Waals surface area contributed by atoms with Crippen LogP contribution >= 0.6 is 0 Å². The van der Waals surface area contributed by atoms with Gasteiger partial charge in [0, 0.05) is 6.20 Å². The average molecular weight is 282 g/mol. The van der Waals surface area contributed by atoms with Gasteiger partial charge in [-0.2, -0.15) is 0 Å². The lowest BCUT2D eigenvalue weighted by Gasteiger charge is -2.06. The molecule has 0 aliphatic rings. The summed E-state index contributed by atoms with van der Waals surface area (Å²) in [6, 6.07) is 4.94. The van der Waals surface area contributed by atoms with Gasteiger partial charge in [0.25, 0.3) is 6.43 Å². The van der Waals surface area contributed by atoms with Crippen LogP contribution in [-0.4, -0.2) is 39.0 Å². The van der Waals surface area contributed by atoms with Crippen LogP contribution in [0.5, 0.6) is 0 Å². The smallest absolute Gasteiger partial charge is 0.361 e. The van der Waals surface area contributed by atoms with E-state index in [0.29, 0.717) is 5.69 Å². The van der Waals surface area contributed by atoms with Crippen LogP contribution in [0.1, 0.15) is 17.4 Å². The van der Waals surface area contributed by atoms with E-state index < -0.39 is 18.9 Å². The maximum atomic E-state index is 12.5. The zero-order valence-electron chi connectivity index (χ0n) is 10.7. The summed E-state index contributed by atoms with van der Waals surface area (Å²) in [6.45, 7) is 1.13. The summed E-state index contributed by atoms with van der Waals surface area (Å²) in [4.78, 5) is 15.8. The molecule has 0 aliphatic heterocycles. The van der Waals surface area contributed by atoms with E-state index in [0.717, 1.165) is 4.68 Å². The van der Waals surface area contributed by atoms with Crippen LogP contribution < -0.4 is 0 Å². The molecule has 0 bridgehead atoms. The number of aromatic nitrogens is 4. The van der Waals surface area contributed by atoms with E-state index in [2.05, 4.69) is 15.3 Å². The molecule has 0 radical (unpaired) electrons. The Hall–Kier alpha value is -2.38. The number of hydrogen-bond donors (Lipinski definition) is 0. The Morgan fingerprint density at radius 2 is 2.25 bits per heavy atom. The number of esters is 1. The molecule has 0 aliphatic carbocycles. The minimum atomic E-state index is -2.62. The SMILES string of the molecule is CCOC(=O)c1nnn(CC(F)F)c1-c1ccccn1. The number of ether oxygens (including phenoxy) is 1. The van der Waals surface area contributed by atoms with Crippen molar-refractivity contribution in [2.24, 2.45) is 0 Å². The summed E-state index contributed by atoms with van der Waals surface area (Å²) >= 11 is 0. The Kier molecular flexibility index (Phi) is 4.34. The fraction of sp³-hybridized carbons (Fsp3) is 0.333. The molecule has 8 heteroatoms. The Morgan fingerprint density at radius 1 is 1.45 bits per heavy atom. The topological polar surface area (TPSA) is 69.9 Å². The number of carbonyl (C=O) groups excluding carboxylic acids is 1. The molecule has 2 heterocycles. The third-order valence-electron chi connectivity index (χ3n) is 2.42. The van der Waals surface area contributed by atoms with Crippen molar-refractivity contribution in [3.8, 4) is 11.4 Å². The van der Waals surface area contributed by atoms with Crippen LogP contribution in [0.2, 0.25) is 0 Å². The third kappa shape index (κ3) is 2.95. The Balaban J connectivity index is 2.48. The van der Waals surface area contributed by atoms with Crippen LogP contribution in [0.4, 0.5) is 8.78 Å². The van der Waals surface area contributed by atoms with E-state index in [4.69, 9.17) is 4.74 Å². The molecule has 0 saturated carbocycles. The van der Waals surface area contributed by atoms with Gasteiger partial charge in [0.2, 0.25) is 0 Å². The molecule has 6 nitrogen and oxygen atoms in total. The zero-order chi connectivity index (χ0) is 14.5.